The third-order valence-electron chi connectivity index (χ3n) is 2.92. The molecule has 2 N–H and O–H groups in total. The minimum atomic E-state index is -0.672. The largest absolute Gasteiger partial charge is 0.338 e. The highest BCUT2D eigenvalue weighted by Gasteiger charge is 2.21. The normalized spacial score (nSPS) is 14.1. The summed E-state index contributed by atoms with van der Waals surface area (Å²) in [5.74, 6) is -0.931. The van der Waals surface area contributed by atoms with Crippen LogP contribution in [0.15, 0.2) is 24.3 Å². The lowest BCUT2D eigenvalue weighted by Crippen LogP contribution is -2.38. The van der Waals surface area contributed by atoms with Gasteiger partial charge in [0, 0.05) is 13.1 Å². The number of nitrogens with zero attached hydrogens (tertiary/aromatic N) is 1. The Balaban J connectivity index is 2.02. The van der Waals surface area contributed by atoms with Crippen molar-refractivity contribution >= 4 is 11.8 Å². The maximum absolute atomic E-state index is 11.7. The van der Waals surface area contributed by atoms with E-state index in [4.69, 9.17) is 5.21 Å². The maximum atomic E-state index is 11.7. The van der Waals surface area contributed by atoms with Crippen LogP contribution in [0.25, 0.3) is 0 Å². The molecule has 1 heterocycles. The first kappa shape index (κ1) is 11.6. The third-order valence-corrected chi connectivity index (χ3v) is 2.92. The van der Waals surface area contributed by atoms with Crippen molar-refractivity contribution in [3.63, 3.8) is 0 Å². The van der Waals surface area contributed by atoms with Crippen molar-refractivity contribution in [2.45, 2.75) is 19.4 Å². The van der Waals surface area contributed by atoms with Gasteiger partial charge in [-0.1, -0.05) is 24.3 Å². The lowest BCUT2D eigenvalue weighted by atomic mass is 10.00. The number of hydrogen-bond donors (Lipinski definition) is 2. The molecule has 90 valence electrons. The quantitative estimate of drug-likeness (QED) is 0.444. The molecule has 2 amide bonds. The summed E-state index contributed by atoms with van der Waals surface area (Å²) < 4.78 is 0. The van der Waals surface area contributed by atoms with Gasteiger partial charge in [0.2, 0.25) is 5.91 Å². The topological polar surface area (TPSA) is 69.6 Å². The van der Waals surface area contributed by atoms with Crippen LogP contribution in [0.2, 0.25) is 0 Å². The first-order valence-corrected chi connectivity index (χ1v) is 5.48. The van der Waals surface area contributed by atoms with E-state index >= 15 is 0 Å². The Morgan fingerprint density at radius 1 is 1.29 bits per heavy atom. The van der Waals surface area contributed by atoms with Gasteiger partial charge in [-0.3, -0.25) is 14.8 Å². The van der Waals surface area contributed by atoms with Gasteiger partial charge in [-0.2, -0.15) is 0 Å². The van der Waals surface area contributed by atoms with Crippen LogP contribution in [0, 0.1) is 0 Å². The predicted octanol–water partition coefficient (Wildman–Crippen LogP) is 0.467. The number of rotatable bonds is 2. The van der Waals surface area contributed by atoms with Crippen LogP contribution in [-0.4, -0.2) is 28.5 Å². The second-order valence-corrected chi connectivity index (χ2v) is 4.05. The Morgan fingerprint density at radius 3 is 2.71 bits per heavy atom. The van der Waals surface area contributed by atoms with Gasteiger partial charge in [-0.05, 0) is 17.5 Å². The number of amides is 2. The van der Waals surface area contributed by atoms with E-state index in [2.05, 4.69) is 6.07 Å². The monoisotopic (exact) mass is 234 g/mol. The van der Waals surface area contributed by atoms with Crippen LogP contribution in [0.3, 0.4) is 0 Å². The molecular formula is C12H14N2O3. The number of hydroxylamine groups is 1. The molecule has 0 fully saturated rings. The van der Waals surface area contributed by atoms with Gasteiger partial charge >= 0.3 is 0 Å². The van der Waals surface area contributed by atoms with Crippen LogP contribution in [0.1, 0.15) is 17.5 Å². The Hall–Kier alpha value is -1.88. The van der Waals surface area contributed by atoms with Crippen LogP contribution in [-0.2, 0) is 22.6 Å². The van der Waals surface area contributed by atoms with E-state index in [0.29, 0.717) is 13.1 Å². The first-order chi connectivity index (χ1) is 8.20. The zero-order chi connectivity index (χ0) is 12.3. The fourth-order valence-electron chi connectivity index (χ4n) is 2.00. The van der Waals surface area contributed by atoms with E-state index in [-0.39, 0.29) is 12.3 Å². The zero-order valence-electron chi connectivity index (χ0n) is 9.35. The predicted molar refractivity (Wildman–Crippen MR) is 60.1 cm³/mol. The van der Waals surface area contributed by atoms with E-state index < -0.39 is 5.91 Å². The molecule has 1 aliphatic rings. The number of nitrogens with one attached hydrogen (secondary N) is 1. The van der Waals surface area contributed by atoms with Gasteiger partial charge in [0.1, 0.15) is 6.42 Å². The summed E-state index contributed by atoms with van der Waals surface area (Å²) in [6.07, 6.45) is 0.501. The molecule has 0 aromatic heterocycles. The molecule has 0 atom stereocenters. The molecule has 5 nitrogen and oxygen atoms in total. The molecule has 0 unspecified atom stereocenters. The molecule has 2 rings (SSSR count). The van der Waals surface area contributed by atoms with Crippen molar-refractivity contribution in [2.75, 3.05) is 6.54 Å². The molecular weight excluding hydrogens is 220 g/mol. The highest BCUT2D eigenvalue weighted by Crippen LogP contribution is 2.18. The maximum Gasteiger partial charge on any atom is 0.252 e. The van der Waals surface area contributed by atoms with Crippen molar-refractivity contribution in [1.82, 2.24) is 10.4 Å². The summed E-state index contributed by atoms with van der Waals surface area (Å²) in [5.41, 5.74) is 3.84. The second-order valence-electron chi connectivity index (χ2n) is 4.05. The Bertz CT molecular complexity index is 445. The highest BCUT2D eigenvalue weighted by molar-refractivity contribution is 5.96. The van der Waals surface area contributed by atoms with E-state index in [9.17, 15) is 9.59 Å². The first-order valence-electron chi connectivity index (χ1n) is 5.48. The van der Waals surface area contributed by atoms with Crippen molar-refractivity contribution in [3.05, 3.63) is 35.4 Å². The minimum Gasteiger partial charge on any atom is -0.338 e. The summed E-state index contributed by atoms with van der Waals surface area (Å²) in [4.78, 5) is 24.3. The Labute approximate surface area is 99.0 Å². The average Bonchev–Trinajstić information content (AvgIpc) is 2.38. The smallest absolute Gasteiger partial charge is 0.252 e. The molecule has 5 heteroatoms. The van der Waals surface area contributed by atoms with Crippen LogP contribution >= 0.6 is 0 Å². The molecule has 0 spiro atoms. The molecule has 17 heavy (non-hydrogen) atoms. The average molecular weight is 234 g/mol. The zero-order valence-corrected chi connectivity index (χ0v) is 9.35. The summed E-state index contributed by atoms with van der Waals surface area (Å²) in [6, 6.07) is 7.96. The number of benzene rings is 1. The Morgan fingerprint density at radius 2 is 2.00 bits per heavy atom. The Kier molecular flexibility index (Phi) is 3.39. The third kappa shape index (κ3) is 2.62. The van der Waals surface area contributed by atoms with Gasteiger partial charge in [0.05, 0.1) is 0 Å². The van der Waals surface area contributed by atoms with E-state index in [1.54, 1.807) is 4.90 Å². The molecule has 0 aliphatic carbocycles. The molecule has 0 saturated carbocycles. The molecule has 0 saturated heterocycles. The van der Waals surface area contributed by atoms with Crippen molar-refractivity contribution in [3.8, 4) is 0 Å². The molecule has 0 bridgehead atoms. The molecule has 0 radical (unpaired) electrons. The molecule has 1 aromatic carbocycles. The van der Waals surface area contributed by atoms with E-state index in [1.807, 2.05) is 18.2 Å². The fourth-order valence-corrected chi connectivity index (χ4v) is 2.00. The lowest BCUT2D eigenvalue weighted by molar-refractivity contribution is -0.140. The fraction of sp³-hybridized carbons (Fsp3) is 0.333. The summed E-state index contributed by atoms with van der Waals surface area (Å²) in [6.45, 7) is 1.16. The second kappa shape index (κ2) is 4.97. The minimum absolute atomic E-state index is 0.258. The lowest BCUT2D eigenvalue weighted by Gasteiger charge is -2.28. The highest BCUT2D eigenvalue weighted by atomic mass is 16.5. The van der Waals surface area contributed by atoms with Crippen LogP contribution in [0.4, 0.5) is 0 Å². The van der Waals surface area contributed by atoms with Crippen LogP contribution in [0.5, 0.6) is 0 Å². The van der Waals surface area contributed by atoms with E-state index in [0.717, 1.165) is 12.0 Å². The van der Waals surface area contributed by atoms with Gasteiger partial charge in [-0.15, -0.1) is 0 Å². The van der Waals surface area contributed by atoms with Crippen molar-refractivity contribution < 1.29 is 14.8 Å². The number of fused-ring (bicyclic) bond motifs is 1. The summed E-state index contributed by atoms with van der Waals surface area (Å²) in [7, 11) is 0. The van der Waals surface area contributed by atoms with Gasteiger partial charge in [-0.25, -0.2) is 5.48 Å². The van der Waals surface area contributed by atoms with Crippen molar-refractivity contribution in [1.29, 1.82) is 0 Å². The number of hydrogen-bond acceptors (Lipinski definition) is 3. The summed E-state index contributed by atoms with van der Waals surface area (Å²) >= 11 is 0. The number of carbonyl (C=O) groups excluding carboxylic acids is 2. The molecule has 1 aromatic rings. The van der Waals surface area contributed by atoms with Crippen molar-refractivity contribution in [2.24, 2.45) is 0 Å². The van der Waals surface area contributed by atoms with Crippen LogP contribution < -0.4 is 5.48 Å². The standard InChI is InChI=1S/C12H14N2O3/c15-11(13-17)7-12(16)14-6-5-9-3-1-2-4-10(9)8-14/h1-4,17H,5-8H2,(H,13,15). The number of carbonyl (C=O) groups is 2. The van der Waals surface area contributed by atoms with Gasteiger partial charge in [0.25, 0.3) is 5.91 Å². The summed E-state index contributed by atoms with van der Waals surface area (Å²) in [5, 5.41) is 8.37. The molecule has 1 aliphatic heterocycles. The van der Waals surface area contributed by atoms with E-state index in [1.165, 1.54) is 11.0 Å². The SMILES string of the molecule is O=C(CC(=O)N1CCc2ccccc2C1)NO. The van der Waals surface area contributed by atoms with Gasteiger partial charge in [0.15, 0.2) is 0 Å². The van der Waals surface area contributed by atoms with Gasteiger partial charge < -0.3 is 4.90 Å².